The Hall–Kier alpha value is -1.38. The van der Waals surface area contributed by atoms with Crippen molar-refractivity contribution in [1.29, 1.82) is 0 Å². The summed E-state index contributed by atoms with van der Waals surface area (Å²) >= 11 is 5.15. The number of hydrogen-bond acceptors (Lipinski definition) is 4. The minimum absolute atomic E-state index is 0.267. The number of likely N-dealkylation sites (N-methyl/N-ethyl adjacent to an activating group) is 1. The lowest BCUT2D eigenvalue weighted by Gasteiger charge is -2.29. The highest BCUT2D eigenvalue weighted by molar-refractivity contribution is 9.11. The van der Waals surface area contributed by atoms with Gasteiger partial charge in [-0.1, -0.05) is 6.92 Å². The first-order valence-electron chi connectivity index (χ1n) is 7.97. The summed E-state index contributed by atoms with van der Waals surface area (Å²) in [6.45, 7) is 5.39. The van der Waals surface area contributed by atoms with Crippen molar-refractivity contribution in [3.8, 4) is 0 Å². The van der Waals surface area contributed by atoms with Crippen LogP contribution in [0.25, 0.3) is 0 Å². The maximum atomic E-state index is 12.3. The van der Waals surface area contributed by atoms with E-state index in [2.05, 4.69) is 32.6 Å². The van der Waals surface area contributed by atoms with Crippen LogP contribution in [0.1, 0.15) is 25.1 Å². The molecule has 2 atom stereocenters. The second-order valence-corrected chi connectivity index (χ2v) is 8.24. The largest absolute Gasteiger partial charge is 0.463 e. The number of carbonyl (C=O) groups is 2. The predicted octanol–water partition coefficient (Wildman–Crippen LogP) is 1.43. The van der Waals surface area contributed by atoms with Gasteiger partial charge in [0.25, 0.3) is 0 Å². The van der Waals surface area contributed by atoms with Gasteiger partial charge in [-0.2, -0.15) is 0 Å². The topological polar surface area (TPSA) is 71.9 Å². The van der Waals surface area contributed by atoms with Crippen LogP contribution in [0.4, 0.5) is 4.79 Å². The van der Waals surface area contributed by atoms with Gasteiger partial charge in [-0.25, -0.2) is 9.59 Å². The second-order valence-electron chi connectivity index (χ2n) is 5.69. The average Bonchev–Trinajstić information content (AvgIpc) is 2.91. The number of rotatable bonds is 7. The summed E-state index contributed by atoms with van der Waals surface area (Å²) in [6, 6.07) is 3.53. The molecule has 1 aliphatic heterocycles. The summed E-state index contributed by atoms with van der Waals surface area (Å²) < 4.78 is 6.28. The highest BCUT2D eigenvalue weighted by atomic mass is 79.9. The van der Waals surface area contributed by atoms with Gasteiger partial charge < -0.3 is 20.3 Å². The minimum atomic E-state index is -0.362. The van der Waals surface area contributed by atoms with Crippen LogP contribution in [0.5, 0.6) is 0 Å². The highest BCUT2D eigenvalue weighted by Crippen LogP contribution is 2.21. The smallest absolute Gasteiger partial charge is 0.338 e. The van der Waals surface area contributed by atoms with E-state index in [0.717, 1.165) is 10.3 Å². The van der Waals surface area contributed by atoms with Crippen molar-refractivity contribution in [2.75, 3.05) is 20.2 Å². The van der Waals surface area contributed by atoms with Crippen LogP contribution >= 0.6 is 27.3 Å². The standard InChI is InChI=1S/C16H22BrN3O3S/c1-4-11-14(15(21)23-5-2)12(19-16(22)18-11)9-20(3)8-10-6-7-13(17)24-10/h6-7,11H,4-5,8-9H2,1-3H3,(H2,18,19,22)/p+1/t11-/m1/s1. The predicted molar refractivity (Wildman–Crippen MR) is 96.9 cm³/mol. The third-order valence-electron chi connectivity index (χ3n) is 3.73. The van der Waals surface area contributed by atoms with Crippen molar-refractivity contribution in [3.05, 3.63) is 32.1 Å². The third-order valence-corrected chi connectivity index (χ3v) is 5.35. The Morgan fingerprint density at radius 1 is 1.38 bits per heavy atom. The molecule has 0 saturated carbocycles. The Morgan fingerprint density at radius 2 is 2.12 bits per heavy atom. The second kappa shape index (κ2) is 8.64. The van der Waals surface area contributed by atoms with Crippen molar-refractivity contribution >= 4 is 39.3 Å². The van der Waals surface area contributed by atoms with Crippen LogP contribution in [0.15, 0.2) is 27.2 Å². The van der Waals surface area contributed by atoms with Crippen molar-refractivity contribution in [2.24, 2.45) is 0 Å². The lowest BCUT2D eigenvalue weighted by Crippen LogP contribution is -3.08. The number of ether oxygens (including phenoxy) is 1. The van der Waals surface area contributed by atoms with Crippen molar-refractivity contribution < 1.29 is 19.2 Å². The van der Waals surface area contributed by atoms with Crippen LogP contribution < -0.4 is 15.5 Å². The van der Waals surface area contributed by atoms with E-state index in [1.54, 1.807) is 18.3 Å². The first-order chi connectivity index (χ1) is 11.4. The molecule has 2 heterocycles. The Morgan fingerprint density at radius 3 is 2.71 bits per heavy atom. The van der Waals surface area contributed by atoms with E-state index in [9.17, 15) is 9.59 Å². The lowest BCUT2D eigenvalue weighted by molar-refractivity contribution is -0.888. The molecule has 0 radical (unpaired) electrons. The first-order valence-corrected chi connectivity index (χ1v) is 9.58. The molecule has 8 heteroatoms. The molecule has 6 nitrogen and oxygen atoms in total. The number of thiophene rings is 1. The van der Waals surface area contributed by atoms with Crippen molar-refractivity contribution in [3.63, 3.8) is 0 Å². The Balaban J connectivity index is 2.19. The highest BCUT2D eigenvalue weighted by Gasteiger charge is 2.32. The molecule has 0 bridgehead atoms. The number of esters is 1. The first kappa shape index (κ1) is 19.0. The number of amides is 2. The average molecular weight is 417 g/mol. The van der Waals surface area contributed by atoms with Gasteiger partial charge in [-0.05, 0) is 41.4 Å². The molecule has 3 N–H and O–H groups in total. The number of urea groups is 1. The zero-order valence-electron chi connectivity index (χ0n) is 14.1. The minimum Gasteiger partial charge on any atom is -0.463 e. The number of nitrogens with one attached hydrogen (secondary N) is 3. The Bertz CT molecular complexity index is 644. The summed E-state index contributed by atoms with van der Waals surface area (Å²) in [5, 5.41) is 5.58. The van der Waals surface area contributed by atoms with E-state index in [-0.39, 0.29) is 18.0 Å². The number of carbonyl (C=O) groups excluding carboxylic acids is 2. The molecule has 0 aliphatic carbocycles. The lowest BCUT2D eigenvalue weighted by atomic mass is 10.00. The van der Waals surface area contributed by atoms with Gasteiger partial charge >= 0.3 is 12.0 Å². The van der Waals surface area contributed by atoms with E-state index < -0.39 is 0 Å². The van der Waals surface area contributed by atoms with Crippen LogP contribution in [0.2, 0.25) is 0 Å². The third kappa shape index (κ3) is 4.81. The van der Waals surface area contributed by atoms with Crippen LogP contribution in [0, 0.1) is 0 Å². The van der Waals surface area contributed by atoms with Crippen LogP contribution in [-0.4, -0.2) is 38.2 Å². The summed E-state index contributed by atoms with van der Waals surface area (Å²) in [5.41, 5.74) is 1.18. The van der Waals surface area contributed by atoms with Crippen LogP contribution in [0.3, 0.4) is 0 Å². The Kier molecular flexibility index (Phi) is 6.82. The zero-order valence-corrected chi connectivity index (χ0v) is 16.5. The van der Waals surface area contributed by atoms with Gasteiger partial charge in [0.1, 0.15) is 13.1 Å². The monoisotopic (exact) mass is 416 g/mol. The molecule has 1 unspecified atom stereocenters. The number of halogens is 1. The fraction of sp³-hybridized carbons (Fsp3) is 0.500. The fourth-order valence-electron chi connectivity index (χ4n) is 2.71. The normalized spacial score (nSPS) is 18.8. The van der Waals surface area contributed by atoms with Gasteiger partial charge in [-0.3, -0.25) is 0 Å². The quantitative estimate of drug-likeness (QED) is 0.588. The maximum Gasteiger partial charge on any atom is 0.338 e. The maximum absolute atomic E-state index is 12.3. The molecule has 0 aromatic carbocycles. The zero-order chi connectivity index (χ0) is 17.7. The molecule has 0 spiro atoms. The summed E-state index contributed by atoms with van der Waals surface area (Å²) in [6.07, 6.45) is 0.641. The molecule has 1 aliphatic rings. The molecule has 2 rings (SSSR count). The van der Waals surface area contributed by atoms with Gasteiger partial charge in [0.15, 0.2) is 0 Å². The fourth-order valence-corrected chi connectivity index (χ4v) is 4.31. The summed E-state index contributed by atoms with van der Waals surface area (Å²) in [5.74, 6) is -0.362. The van der Waals surface area contributed by atoms with Gasteiger partial charge in [0.2, 0.25) is 0 Å². The molecular formula is C16H23BrN3O3S+. The van der Waals surface area contributed by atoms with E-state index >= 15 is 0 Å². The van der Waals surface area contributed by atoms with Crippen molar-refractivity contribution in [1.82, 2.24) is 10.6 Å². The van der Waals surface area contributed by atoms with Gasteiger partial charge in [0.05, 0.1) is 39.6 Å². The molecule has 0 fully saturated rings. The SMILES string of the molecule is CCOC(=O)C1=C(C[NH+](C)Cc2ccc(Br)s2)NC(=O)N[C@@H]1CC. The van der Waals surface area contributed by atoms with Gasteiger partial charge in [-0.15, -0.1) is 11.3 Å². The van der Waals surface area contributed by atoms with E-state index in [1.165, 1.54) is 9.78 Å². The van der Waals surface area contributed by atoms with Crippen molar-refractivity contribution in [2.45, 2.75) is 32.9 Å². The Labute approximate surface area is 154 Å². The molecule has 1 aromatic rings. The van der Waals surface area contributed by atoms with Gasteiger partial charge in [0, 0.05) is 0 Å². The molecule has 132 valence electrons. The molecule has 24 heavy (non-hydrogen) atoms. The molecular weight excluding hydrogens is 394 g/mol. The summed E-state index contributed by atoms with van der Waals surface area (Å²) in [4.78, 5) is 26.7. The molecule has 0 saturated heterocycles. The van der Waals surface area contributed by atoms with E-state index in [4.69, 9.17) is 4.74 Å². The number of hydrogen-bond donors (Lipinski definition) is 3. The number of quaternary nitrogens is 1. The van der Waals surface area contributed by atoms with E-state index in [1.807, 2.05) is 20.0 Å². The summed E-state index contributed by atoms with van der Waals surface area (Å²) in [7, 11) is 2.04. The van der Waals surface area contributed by atoms with Crippen LogP contribution in [-0.2, 0) is 16.1 Å². The molecule has 1 aromatic heterocycles. The van der Waals surface area contributed by atoms with E-state index in [0.29, 0.717) is 30.8 Å². The molecule has 2 amide bonds.